The van der Waals surface area contributed by atoms with Gasteiger partial charge in [-0.25, -0.2) is 0 Å². The minimum Gasteiger partial charge on any atom is -0.489 e. The summed E-state index contributed by atoms with van der Waals surface area (Å²) >= 11 is 0. The molecule has 0 fully saturated rings. The van der Waals surface area contributed by atoms with E-state index in [1.54, 1.807) is 6.92 Å². The molecule has 1 unspecified atom stereocenters. The number of carbonyl (C=O) groups is 1. The van der Waals surface area contributed by atoms with Crippen LogP contribution in [0.25, 0.3) is 6.08 Å². The fraction of sp³-hybridized carbons (Fsp3) is 0.357. The molecule has 1 aliphatic rings. The summed E-state index contributed by atoms with van der Waals surface area (Å²) in [6.07, 6.45) is 2.68. The van der Waals surface area contributed by atoms with Crippen LogP contribution >= 0.6 is 0 Å². The number of carbonyl (C=O) groups excluding carboxylic acids is 1. The first-order chi connectivity index (χ1) is 8.10. The third-order valence-electron chi connectivity index (χ3n) is 2.95. The maximum Gasteiger partial charge on any atom is 0.156 e. The Kier molecular flexibility index (Phi) is 3.29. The molecular formula is C14H17NO2. The van der Waals surface area contributed by atoms with Gasteiger partial charge in [-0.2, -0.15) is 0 Å². The molecular weight excluding hydrogens is 214 g/mol. The molecule has 0 amide bonds. The molecule has 1 atom stereocenters. The number of ether oxygens (including phenoxy) is 1. The molecule has 0 bridgehead atoms. The van der Waals surface area contributed by atoms with Gasteiger partial charge < -0.3 is 10.5 Å². The zero-order chi connectivity index (χ0) is 12.4. The Morgan fingerprint density at radius 1 is 1.53 bits per heavy atom. The number of Topliss-reactive ketones (excluding diaryl/α,β-unsaturated/α-hetero) is 1. The smallest absolute Gasteiger partial charge is 0.156 e. The van der Waals surface area contributed by atoms with Crippen LogP contribution in [-0.2, 0) is 11.2 Å². The fourth-order valence-corrected chi connectivity index (χ4v) is 1.89. The van der Waals surface area contributed by atoms with Gasteiger partial charge in [-0.15, -0.1) is 0 Å². The summed E-state index contributed by atoms with van der Waals surface area (Å²) in [7, 11) is 0. The summed E-state index contributed by atoms with van der Waals surface area (Å²) in [5, 5.41) is 0. The predicted molar refractivity (Wildman–Crippen MR) is 67.9 cm³/mol. The molecule has 0 saturated heterocycles. The average Bonchev–Trinajstić information content (AvgIpc) is 2.72. The molecule has 2 N–H and O–H groups in total. The van der Waals surface area contributed by atoms with Crippen LogP contribution in [0, 0.1) is 0 Å². The summed E-state index contributed by atoms with van der Waals surface area (Å²) in [5.74, 6) is 0.946. The van der Waals surface area contributed by atoms with Crippen LogP contribution in [0.4, 0.5) is 0 Å². The molecule has 0 aliphatic heterocycles. The number of benzene rings is 1. The van der Waals surface area contributed by atoms with Crippen LogP contribution in [0.3, 0.4) is 0 Å². The molecule has 3 nitrogen and oxygen atoms in total. The van der Waals surface area contributed by atoms with Gasteiger partial charge in [0.25, 0.3) is 0 Å². The molecule has 0 heterocycles. The van der Waals surface area contributed by atoms with E-state index in [-0.39, 0.29) is 11.9 Å². The van der Waals surface area contributed by atoms with Gasteiger partial charge in [0.15, 0.2) is 5.78 Å². The molecule has 0 spiro atoms. The Bertz CT molecular complexity index is 477. The van der Waals surface area contributed by atoms with E-state index in [0.717, 1.165) is 23.3 Å². The highest BCUT2D eigenvalue weighted by atomic mass is 16.5. The van der Waals surface area contributed by atoms with Gasteiger partial charge in [0.2, 0.25) is 0 Å². The molecule has 90 valence electrons. The lowest BCUT2D eigenvalue weighted by Crippen LogP contribution is -2.22. The van der Waals surface area contributed by atoms with Crippen molar-refractivity contribution in [1.82, 2.24) is 0 Å². The topological polar surface area (TPSA) is 52.3 Å². The Morgan fingerprint density at radius 3 is 2.94 bits per heavy atom. The Morgan fingerprint density at radius 2 is 2.29 bits per heavy atom. The zero-order valence-electron chi connectivity index (χ0n) is 10.2. The lowest BCUT2D eigenvalue weighted by molar-refractivity contribution is -0.113. The average molecular weight is 231 g/mol. The first-order valence-corrected chi connectivity index (χ1v) is 5.81. The molecule has 17 heavy (non-hydrogen) atoms. The standard InChI is InChI=1S/C14H17NO2/c1-9(8-15)17-14-4-3-11-5-12(10(2)16)6-13(11)7-14/h3-4,6-7,9H,5,8,15H2,1-2H3. The highest BCUT2D eigenvalue weighted by Gasteiger charge is 2.16. The van der Waals surface area contributed by atoms with Crippen LogP contribution in [0.2, 0.25) is 0 Å². The lowest BCUT2D eigenvalue weighted by Gasteiger charge is -2.13. The Hall–Kier alpha value is -1.61. The molecule has 0 radical (unpaired) electrons. The third-order valence-corrected chi connectivity index (χ3v) is 2.95. The van der Waals surface area contributed by atoms with E-state index in [0.29, 0.717) is 6.54 Å². The van der Waals surface area contributed by atoms with Crippen LogP contribution in [0.5, 0.6) is 5.75 Å². The molecule has 0 aromatic heterocycles. The fourth-order valence-electron chi connectivity index (χ4n) is 1.89. The second kappa shape index (κ2) is 4.72. The van der Waals surface area contributed by atoms with Crippen molar-refractivity contribution in [2.45, 2.75) is 26.4 Å². The number of allylic oxidation sites excluding steroid dienone is 1. The number of hydrogen-bond donors (Lipinski definition) is 1. The summed E-state index contributed by atoms with van der Waals surface area (Å²) in [6.45, 7) is 4.03. The first-order valence-electron chi connectivity index (χ1n) is 5.81. The SMILES string of the molecule is CC(=O)C1=Cc2cc(OC(C)CN)ccc2C1. The van der Waals surface area contributed by atoms with E-state index >= 15 is 0 Å². The number of hydrogen-bond acceptors (Lipinski definition) is 3. The second-order valence-corrected chi connectivity index (χ2v) is 4.43. The zero-order valence-corrected chi connectivity index (χ0v) is 10.2. The first kappa shape index (κ1) is 11.9. The highest BCUT2D eigenvalue weighted by Crippen LogP contribution is 2.29. The summed E-state index contributed by atoms with van der Waals surface area (Å²) in [4.78, 5) is 11.3. The Labute approximate surface area is 101 Å². The van der Waals surface area contributed by atoms with Crippen LogP contribution in [0.15, 0.2) is 23.8 Å². The minimum absolute atomic E-state index is 0.00529. The summed E-state index contributed by atoms with van der Waals surface area (Å²) < 4.78 is 5.65. The number of fused-ring (bicyclic) bond motifs is 1. The van der Waals surface area contributed by atoms with E-state index in [4.69, 9.17) is 10.5 Å². The van der Waals surface area contributed by atoms with Crippen molar-refractivity contribution in [3.63, 3.8) is 0 Å². The normalized spacial score (nSPS) is 15.1. The maximum atomic E-state index is 11.3. The van der Waals surface area contributed by atoms with Gasteiger partial charge in [-0.1, -0.05) is 6.07 Å². The molecule has 1 aromatic rings. The maximum absolute atomic E-state index is 11.3. The largest absolute Gasteiger partial charge is 0.489 e. The summed E-state index contributed by atoms with van der Waals surface area (Å²) in [5.41, 5.74) is 8.64. The molecule has 1 aliphatic carbocycles. The van der Waals surface area contributed by atoms with Crippen LogP contribution in [-0.4, -0.2) is 18.4 Å². The van der Waals surface area contributed by atoms with Gasteiger partial charge in [-0.05, 0) is 48.8 Å². The van der Waals surface area contributed by atoms with Gasteiger partial charge >= 0.3 is 0 Å². The van der Waals surface area contributed by atoms with Crippen molar-refractivity contribution in [2.24, 2.45) is 5.73 Å². The van der Waals surface area contributed by atoms with Crippen LogP contribution < -0.4 is 10.5 Å². The van der Waals surface area contributed by atoms with Gasteiger partial charge in [0.05, 0.1) is 0 Å². The molecule has 0 saturated carbocycles. The van der Waals surface area contributed by atoms with Crippen LogP contribution in [0.1, 0.15) is 25.0 Å². The van der Waals surface area contributed by atoms with Crippen molar-refractivity contribution in [3.05, 3.63) is 34.9 Å². The quantitative estimate of drug-likeness (QED) is 0.861. The monoisotopic (exact) mass is 231 g/mol. The third kappa shape index (κ3) is 2.56. The molecule has 2 rings (SSSR count). The number of nitrogens with two attached hydrogens (primary N) is 1. The van der Waals surface area contributed by atoms with Gasteiger partial charge in [-0.3, -0.25) is 4.79 Å². The van der Waals surface area contributed by atoms with E-state index in [9.17, 15) is 4.79 Å². The number of rotatable bonds is 4. The Balaban J connectivity index is 2.21. The second-order valence-electron chi connectivity index (χ2n) is 4.43. The van der Waals surface area contributed by atoms with Crippen molar-refractivity contribution in [1.29, 1.82) is 0 Å². The van der Waals surface area contributed by atoms with E-state index < -0.39 is 0 Å². The van der Waals surface area contributed by atoms with Crippen molar-refractivity contribution in [3.8, 4) is 5.75 Å². The number of ketones is 1. The van der Waals surface area contributed by atoms with E-state index in [1.807, 2.05) is 31.2 Å². The van der Waals surface area contributed by atoms with Gasteiger partial charge in [0.1, 0.15) is 11.9 Å². The van der Waals surface area contributed by atoms with E-state index in [2.05, 4.69) is 0 Å². The van der Waals surface area contributed by atoms with E-state index in [1.165, 1.54) is 5.56 Å². The lowest BCUT2D eigenvalue weighted by atomic mass is 10.1. The molecule has 3 heteroatoms. The van der Waals surface area contributed by atoms with Crippen molar-refractivity contribution >= 4 is 11.9 Å². The van der Waals surface area contributed by atoms with Crippen molar-refractivity contribution in [2.75, 3.05) is 6.54 Å². The van der Waals surface area contributed by atoms with Gasteiger partial charge in [0, 0.05) is 13.0 Å². The molecule has 1 aromatic carbocycles. The summed E-state index contributed by atoms with van der Waals surface area (Å²) in [6, 6.07) is 5.92. The predicted octanol–water partition coefficient (Wildman–Crippen LogP) is 1.94. The minimum atomic E-state index is 0.00529. The highest BCUT2D eigenvalue weighted by molar-refractivity contribution is 6.00. The van der Waals surface area contributed by atoms with Crippen molar-refractivity contribution < 1.29 is 9.53 Å².